The zero-order chi connectivity index (χ0) is 21.3. The molecule has 1 amide bonds. The highest BCUT2D eigenvalue weighted by atomic mass is 19.3. The van der Waals surface area contributed by atoms with E-state index in [2.05, 4.69) is 22.3 Å². The number of hydrogen-bond acceptors (Lipinski definition) is 4. The molecule has 0 unspecified atom stereocenters. The molecule has 30 heavy (non-hydrogen) atoms. The van der Waals surface area contributed by atoms with Crippen LogP contribution in [0.5, 0.6) is 0 Å². The van der Waals surface area contributed by atoms with Gasteiger partial charge in [0.25, 0.3) is 6.08 Å². The highest BCUT2D eigenvalue weighted by Crippen LogP contribution is 2.23. The van der Waals surface area contributed by atoms with Gasteiger partial charge in [-0.05, 0) is 42.3 Å². The molecule has 0 fully saturated rings. The Hall–Kier alpha value is -3.77. The number of halogens is 2. The Balaban J connectivity index is 1.62. The van der Waals surface area contributed by atoms with E-state index >= 15 is 0 Å². The first kappa shape index (κ1) is 19.5. The van der Waals surface area contributed by atoms with E-state index in [0.717, 1.165) is 21.5 Å². The molecule has 0 aliphatic carbocycles. The second kappa shape index (κ2) is 7.93. The van der Waals surface area contributed by atoms with Crippen LogP contribution >= 0.6 is 0 Å². The maximum absolute atomic E-state index is 12.8. The largest absolute Gasteiger partial charge is 0.350 e. The molecule has 9 heteroatoms. The van der Waals surface area contributed by atoms with Crippen molar-refractivity contribution in [1.29, 1.82) is 0 Å². The lowest BCUT2D eigenvalue weighted by Gasteiger charge is -2.16. The van der Waals surface area contributed by atoms with E-state index in [1.807, 2.05) is 18.2 Å². The number of carbonyl (C=O) groups is 1. The summed E-state index contributed by atoms with van der Waals surface area (Å²) in [5.41, 5.74) is 7.99. The van der Waals surface area contributed by atoms with Crippen molar-refractivity contribution in [2.75, 3.05) is 11.9 Å². The number of aromatic nitrogens is 3. The zero-order valence-corrected chi connectivity index (χ0v) is 15.8. The highest BCUT2D eigenvalue weighted by molar-refractivity contribution is 5.94. The lowest BCUT2D eigenvalue weighted by molar-refractivity contribution is -0.116. The van der Waals surface area contributed by atoms with Crippen molar-refractivity contribution in [2.45, 2.75) is 19.4 Å². The molecule has 0 atom stereocenters. The van der Waals surface area contributed by atoms with E-state index in [-0.39, 0.29) is 24.6 Å². The molecule has 0 spiro atoms. The van der Waals surface area contributed by atoms with Crippen molar-refractivity contribution in [1.82, 2.24) is 14.2 Å². The molecule has 3 heterocycles. The molecule has 3 N–H and O–H groups in total. The van der Waals surface area contributed by atoms with Crippen molar-refractivity contribution in [3.8, 4) is 11.8 Å². The molecular weight excluding hydrogens is 392 g/mol. The normalized spacial score (nSPS) is 12.7. The number of nitrogens with one attached hydrogen (secondary N) is 1. The van der Waals surface area contributed by atoms with Crippen LogP contribution in [0.15, 0.2) is 53.0 Å². The Bertz CT molecular complexity index is 1310. The minimum atomic E-state index is -1.90. The van der Waals surface area contributed by atoms with Gasteiger partial charge in [-0.1, -0.05) is 11.8 Å². The van der Waals surface area contributed by atoms with Gasteiger partial charge < -0.3 is 11.1 Å². The Morgan fingerprint density at radius 3 is 2.63 bits per heavy atom. The second-order valence-corrected chi connectivity index (χ2v) is 6.82. The minimum absolute atomic E-state index is 0.00708. The van der Waals surface area contributed by atoms with Gasteiger partial charge in [-0.25, -0.2) is 9.48 Å². The van der Waals surface area contributed by atoms with Crippen LogP contribution in [-0.2, 0) is 17.8 Å². The maximum Gasteiger partial charge on any atom is 0.350 e. The average Bonchev–Trinajstić information content (AvgIpc) is 3.04. The van der Waals surface area contributed by atoms with Crippen LogP contribution in [0.3, 0.4) is 0 Å². The number of aryl methyl sites for hydroxylation is 1. The van der Waals surface area contributed by atoms with Gasteiger partial charge in [-0.3, -0.25) is 9.20 Å². The van der Waals surface area contributed by atoms with E-state index in [1.165, 1.54) is 10.6 Å². The zero-order valence-electron chi connectivity index (χ0n) is 15.8. The monoisotopic (exact) mass is 409 g/mol. The van der Waals surface area contributed by atoms with Crippen LogP contribution in [0.4, 0.5) is 14.5 Å². The van der Waals surface area contributed by atoms with Gasteiger partial charge in [-0.2, -0.15) is 8.78 Å². The molecule has 0 saturated heterocycles. The summed E-state index contributed by atoms with van der Waals surface area (Å²) in [5, 5.41) is 6.92. The van der Waals surface area contributed by atoms with Crippen molar-refractivity contribution in [3.05, 3.63) is 75.4 Å². The van der Waals surface area contributed by atoms with E-state index in [4.69, 9.17) is 5.73 Å². The fourth-order valence-corrected chi connectivity index (χ4v) is 3.19. The number of rotatable bonds is 3. The number of anilines is 1. The van der Waals surface area contributed by atoms with Crippen molar-refractivity contribution in [3.63, 3.8) is 0 Å². The quantitative estimate of drug-likeness (QED) is 0.646. The van der Waals surface area contributed by atoms with Crippen LogP contribution in [0.25, 0.3) is 5.65 Å². The third-order valence-corrected chi connectivity index (χ3v) is 4.79. The Kier molecular flexibility index (Phi) is 5.16. The van der Waals surface area contributed by atoms with E-state index in [9.17, 15) is 18.4 Å². The first-order valence-corrected chi connectivity index (χ1v) is 9.21. The summed E-state index contributed by atoms with van der Waals surface area (Å²) in [7, 11) is 0. The molecule has 1 aromatic carbocycles. The summed E-state index contributed by atoms with van der Waals surface area (Å²) in [4.78, 5) is 23.8. The first-order chi connectivity index (χ1) is 14.4. The molecule has 3 aromatic rings. The predicted octanol–water partition coefficient (Wildman–Crippen LogP) is 1.89. The van der Waals surface area contributed by atoms with Gasteiger partial charge >= 0.3 is 5.69 Å². The number of pyridine rings is 1. The van der Waals surface area contributed by atoms with Crippen LogP contribution in [0, 0.1) is 11.8 Å². The molecule has 7 nitrogen and oxygen atoms in total. The fourth-order valence-electron chi connectivity index (χ4n) is 3.19. The lowest BCUT2D eigenvalue weighted by atomic mass is 10.0. The van der Waals surface area contributed by atoms with Gasteiger partial charge in [-0.15, -0.1) is 5.10 Å². The number of fused-ring (bicyclic) bond motifs is 2. The number of nitrogens with two attached hydrogens (primary N) is 1. The second-order valence-electron chi connectivity index (χ2n) is 6.82. The number of hydrogen-bond donors (Lipinski definition) is 2. The third kappa shape index (κ3) is 3.86. The molecular formula is C21H17F2N5O2. The molecule has 0 saturated carbocycles. The van der Waals surface area contributed by atoms with Crippen LogP contribution in [0.2, 0.25) is 0 Å². The predicted molar refractivity (Wildman–Crippen MR) is 107 cm³/mol. The van der Waals surface area contributed by atoms with Crippen LogP contribution < -0.4 is 16.7 Å². The maximum atomic E-state index is 12.8. The minimum Gasteiger partial charge on any atom is -0.327 e. The number of amides is 1. The van der Waals surface area contributed by atoms with Crippen LogP contribution in [0.1, 0.15) is 23.1 Å². The van der Waals surface area contributed by atoms with Gasteiger partial charge in [0.05, 0.1) is 6.54 Å². The van der Waals surface area contributed by atoms with Crippen molar-refractivity contribution < 1.29 is 13.6 Å². The summed E-state index contributed by atoms with van der Waals surface area (Å²) in [6.45, 7) is -0.726. The molecule has 0 radical (unpaired) electrons. The summed E-state index contributed by atoms with van der Waals surface area (Å²) in [5.74, 6) is 6.08. The molecule has 4 rings (SSSR count). The van der Waals surface area contributed by atoms with E-state index in [0.29, 0.717) is 24.1 Å². The van der Waals surface area contributed by atoms with Gasteiger partial charge in [0, 0.05) is 41.5 Å². The SMILES string of the molecule is NCC(Cn1nc2cc(C#Cc3ccc4c(c3)CCC(=O)N4)ccn2c1=O)=C(F)F. The molecule has 2 aromatic heterocycles. The summed E-state index contributed by atoms with van der Waals surface area (Å²) < 4.78 is 27.9. The summed E-state index contributed by atoms with van der Waals surface area (Å²) >= 11 is 0. The molecule has 1 aliphatic rings. The number of nitrogens with zero attached hydrogens (tertiary/aromatic N) is 3. The summed E-state index contributed by atoms with van der Waals surface area (Å²) in [6.07, 6.45) is 0.718. The summed E-state index contributed by atoms with van der Waals surface area (Å²) in [6, 6.07) is 8.85. The van der Waals surface area contributed by atoms with Gasteiger partial charge in [0.2, 0.25) is 5.91 Å². The number of carbonyl (C=O) groups excluding carboxylic acids is 1. The van der Waals surface area contributed by atoms with Gasteiger partial charge in [0.1, 0.15) is 0 Å². The standard InChI is InChI=1S/C21H17F2N5O2/c22-20(23)16(11-24)12-28-21(30)27-8-7-14(10-18(27)26-28)2-1-13-3-5-17-15(9-13)4-6-19(29)25-17/h3,5,7-10H,4,6,11-12,24H2,(H,25,29). The van der Waals surface area contributed by atoms with E-state index < -0.39 is 11.8 Å². The molecule has 152 valence electrons. The topological polar surface area (TPSA) is 94.4 Å². The fraction of sp³-hybridized carbons (Fsp3) is 0.190. The Morgan fingerprint density at radius 1 is 1.13 bits per heavy atom. The number of benzene rings is 1. The lowest BCUT2D eigenvalue weighted by Crippen LogP contribution is -2.24. The first-order valence-electron chi connectivity index (χ1n) is 9.21. The average molecular weight is 409 g/mol. The van der Waals surface area contributed by atoms with Crippen molar-refractivity contribution >= 4 is 17.2 Å². The third-order valence-electron chi connectivity index (χ3n) is 4.79. The van der Waals surface area contributed by atoms with E-state index in [1.54, 1.807) is 12.1 Å². The van der Waals surface area contributed by atoms with Crippen LogP contribution in [-0.4, -0.2) is 26.6 Å². The Morgan fingerprint density at radius 2 is 1.90 bits per heavy atom. The molecule has 1 aliphatic heterocycles. The Labute approximate surface area is 169 Å². The van der Waals surface area contributed by atoms with Crippen molar-refractivity contribution in [2.24, 2.45) is 5.73 Å². The smallest absolute Gasteiger partial charge is 0.327 e. The van der Waals surface area contributed by atoms with Gasteiger partial charge in [0.15, 0.2) is 5.65 Å². The molecule has 0 bridgehead atoms. The highest BCUT2D eigenvalue weighted by Gasteiger charge is 2.14.